The van der Waals surface area contributed by atoms with E-state index in [0.717, 1.165) is 18.4 Å². The molecule has 1 aliphatic carbocycles. The van der Waals surface area contributed by atoms with Crippen LogP contribution in [-0.4, -0.2) is 0 Å². The number of hydrogen-bond donors (Lipinski definition) is 0. The van der Waals surface area contributed by atoms with Crippen LogP contribution in [0.3, 0.4) is 0 Å². The molecule has 2 aromatic rings. The van der Waals surface area contributed by atoms with E-state index in [0.29, 0.717) is 17.9 Å². The van der Waals surface area contributed by atoms with Gasteiger partial charge in [0.15, 0.2) is 11.6 Å². The van der Waals surface area contributed by atoms with Crippen LogP contribution >= 0.6 is 0 Å². The van der Waals surface area contributed by atoms with Crippen LogP contribution in [0.2, 0.25) is 0 Å². The van der Waals surface area contributed by atoms with Crippen LogP contribution in [0.15, 0.2) is 36.4 Å². The first-order chi connectivity index (χ1) is 9.15. The summed E-state index contributed by atoms with van der Waals surface area (Å²) >= 11 is 0. The minimum atomic E-state index is -0.729. The van der Waals surface area contributed by atoms with Gasteiger partial charge in [0.1, 0.15) is 0 Å². The molecule has 0 spiro atoms. The lowest BCUT2D eigenvalue weighted by molar-refractivity contribution is 0.478. The molecule has 0 nitrogen and oxygen atoms in total. The second-order valence-electron chi connectivity index (χ2n) is 5.35. The lowest BCUT2D eigenvalue weighted by atomic mass is 9.80. The molecule has 0 saturated carbocycles. The predicted molar refractivity (Wildman–Crippen MR) is 72.3 cm³/mol. The van der Waals surface area contributed by atoms with Gasteiger partial charge in [-0.3, -0.25) is 0 Å². The molecule has 0 fully saturated rings. The lowest BCUT2D eigenvalue weighted by Crippen LogP contribution is -2.15. The van der Waals surface area contributed by atoms with Crippen molar-refractivity contribution < 1.29 is 8.78 Å². The first kappa shape index (κ1) is 12.3. The van der Waals surface area contributed by atoms with E-state index in [-0.39, 0.29) is 0 Å². The van der Waals surface area contributed by atoms with E-state index in [1.54, 1.807) is 6.07 Å². The van der Waals surface area contributed by atoms with Crippen molar-refractivity contribution in [1.29, 1.82) is 0 Å². The molecule has 0 aromatic heterocycles. The first-order valence-corrected chi connectivity index (χ1v) is 6.67. The Labute approximate surface area is 112 Å². The third-order valence-electron chi connectivity index (χ3n) is 4.05. The molecule has 0 bridgehead atoms. The van der Waals surface area contributed by atoms with Crippen LogP contribution in [0.4, 0.5) is 8.78 Å². The van der Waals surface area contributed by atoms with Gasteiger partial charge in [0.05, 0.1) is 0 Å². The van der Waals surface area contributed by atoms with Crippen molar-refractivity contribution in [2.24, 2.45) is 0 Å². The summed E-state index contributed by atoms with van der Waals surface area (Å²) in [6.07, 6.45) is 2.31. The third kappa shape index (κ3) is 2.27. The molecule has 98 valence electrons. The normalized spacial score (nSPS) is 18.2. The number of benzene rings is 2. The van der Waals surface area contributed by atoms with Gasteiger partial charge in [0.25, 0.3) is 0 Å². The molecule has 0 heterocycles. The van der Waals surface area contributed by atoms with Gasteiger partial charge in [0.2, 0.25) is 0 Å². The molecule has 2 aromatic carbocycles. The van der Waals surface area contributed by atoms with E-state index in [1.807, 2.05) is 0 Å². The summed E-state index contributed by atoms with van der Waals surface area (Å²) in [5, 5.41) is 0. The van der Waals surface area contributed by atoms with Crippen molar-refractivity contribution in [1.82, 2.24) is 0 Å². The maximum absolute atomic E-state index is 13.7. The predicted octanol–water partition coefficient (Wildman–Crippen LogP) is 4.55. The lowest BCUT2D eigenvalue weighted by Gasteiger charge is -2.25. The SMILES string of the molecule is Cc1ccc(C2CCc3c(ccc(F)c3F)C2)cc1. The van der Waals surface area contributed by atoms with E-state index < -0.39 is 11.6 Å². The molecule has 0 saturated heterocycles. The molecule has 1 aliphatic rings. The van der Waals surface area contributed by atoms with Crippen LogP contribution in [0.5, 0.6) is 0 Å². The van der Waals surface area contributed by atoms with E-state index in [1.165, 1.54) is 17.2 Å². The van der Waals surface area contributed by atoms with Crippen LogP contribution in [-0.2, 0) is 12.8 Å². The largest absolute Gasteiger partial charge is 0.204 e. The zero-order valence-corrected chi connectivity index (χ0v) is 10.9. The summed E-state index contributed by atoms with van der Waals surface area (Å²) < 4.78 is 26.9. The number of fused-ring (bicyclic) bond motifs is 1. The summed E-state index contributed by atoms with van der Waals surface area (Å²) in [4.78, 5) is 0. The monoisotopic (exact) mass is 258 g/mol. The Hall–Kier alpha value is -1.70. The Bertz CT molecular complexity index is 599. The summed E-state index contributed by atoms with van der Waals surface area (Å²) in [6.45, 7) is 2.07. The average Bonchev–Trinajstić information content (AvgIpc) is 2.43. The summed E-state index contributed by atoms with van der Waals surface area (Å²) in [7, 11) is 0. The highest BCUT2D eigenvalue weighted by molar-refractivity contribution is 5.36. The molecule has 1 unspecified atom stereocenters. The molecular weight excluding hydrogens is 242 g/mol. The van der Waals surface area contributed by atoms with Gasteiger partial charge >= 0.3 is 0 Å². The Balaban J connectivity index is 1.90. The van der Waals surface area contributed by atoms with E-state index in [4.69, 9.17) is 0 Å². The molecule has 1 atom stereocenters. The molecule has 0 N–H and O–H groups in total. The standard InChI is InChI=1S/C17H16F2/c1-11-2-4-12(5-3-11)13-6-8-15-14(10-13)7-9-16(18)17(15)19/h2-5,7,9,13H,6,8,10H2,1H3. The molecule has 19 heavy (non-hydrogen) atoms. The van der Waals surface area contributed by atoms with Crippen molar-refractivity contribution in [3.05, 3.63) is 70.3 Å². The van der Waals surface area contributed by atoms with Gasteiger partial charge in [-0.1, -0.05) is 35.9 Å². The topological polar surface area (TPSA) is 0 Å². The average molecular weight is 258 g/mol. The fourth-order valence-corrected chi connectivity index (χ4v) is 2.90. The summed E-state index contributed by atoms with van der Waals surface area (Å²) in [6, 6.07) is 11.5. The highest BCUT2D eigenvalue weighted by Gasteiger charge is 2.23. The fraction of sp³-hybridized carbons (Fsp3) is 0.294. The zero-order chi connectivity index (χ0) is 13.4. The van der Waals surface area contributed by atoms with Gasteiger partial charge in [-0.25, -0.2) is 8.78 Å². The van der Waals surface area contributed by atoms with Crippen molar-refractivity contribution in [2.45, 2.75) is 32.1 Å². The van der Waals surface area contributed by atoms with Gasteiger partial charge in [0, 0.05) is 0 Å². The maximum atomic E-state index is 13.7. The number of halogens is 2. The highest BCUT2D eigenvalue weighted by Crippen LogP contribution is 2.34. The second-order valence-corrected chi connectivity index (χ2v) is 5.35. The minimum absolute atomic E-state index is 0.415. The quantitative estimate of drug-likeness (QED) is 0.704. The Kier molecular flexibility index (Phi) is 3.09. The van der Waals surface area contributed by atoms with Gasteiger partial charge in [-0.15, -0.1) is 0 Å². The maximum Gasteiger partial charge on any atom is 0.162 e. The molecule has 0 radical (unpaired) electrons. The van der Waals surface area contributed by atoms with Crippen molar-refractivity contribution in [3.63, 3.8) is 0 Å². The van der Waals surface area contributed by atoms with Crippen LogP contribution in [0, 0.1) is 18.6 Å². The molecule has 0 aliphatic heterocycles. The molecule has 3 rings (SSSR count). The summed E-state index contributed by atoms with van der Waals surface area (Å²) in [5.41, 5.74) is 4.06. The van der Waals surface area contributed by atoms with E-state index in [2.05, 4.69) is 31.2 Å². The third-order valence-corrected chi connectivity index (χ3v) is 4.05. The smallest absolute Gasteiger partial charge is 0.162 e. The molecule has 2 heteroatoms. The van der Waals surface area contributed by atoms with E-state index in [9.17, 15) is 8.78 Å². The van der Waals surface area contributed by atoms with Crippen molar-refractivity contribution in [3.8, 4) is 0 Å². The number of hydrogen-bond acceptors (Lipinski definition) is 0. The zero-order valence-electron chi connectivity index (χ0n) is 10.9. The van der Waals surface area contributed by atoms with Crippen LogP contribution in [0.1, 0.15) is 34.6 Å². The number of aryl methyl sites for hydroxylation is 1. The minimum Gasteiger partial charge on any atom is -0.204 e. The van der Waals surface area contributed by atoms with Crippen LogP contribution in [0.25, 0.3) is 0 Å². The fourth-order valence-electron chi connectivity index (χ4n) is 2.90. The first-order valence-electron chi connectivity index (χ1n) is 6.67. The van der Waals surface area contributed by atoms with E-state index >= 15 is 0 Å². The van der Waals surface area contributed by atoms with Crippen molar-refractivity contribution >= 4 is 0 Å². The highest BCUT2D eigenvalue weighted by atomic mass is 19.2. The Morgan fingerprint density at radius 2 is 1.74 bits per heavy atom. The van der Waals surface area contributed by atoms with Crippen molar-refractivity contribution in [2.75, 3.05) is 0 Å². The summed E-state index contributed by atoms with van der Waals surface area (Å²) in [5.74, 6) is -0.967. The van der Waals surface area contributed by atoms with Gasteiger partial charge < -0.3 is 0 Å². The Morgan fingerprint density at radius 3 is 2.47 bits per heavy atom. The van der Waals surface area contributed by atoms with Gasteiger partial charge in [-0.2, -0.15) is 0 Å². The molecular formula is C17H16F2. The van der Waals surface area contributed by atoms with Crippen LogP contribution < -0.4 is 0 Å². The Morgan fingerprint density at radius 1 is 1.00 bits per heavy atom. The second kappa shape index (κ2) is 4.76. The molecule has 0 amide bonds. The number of rotatable bonds is 1. The van der Waals surface area contributed by atoms with Gasteiger partial charge in [-0.05, 0) is 54.9 Å².